The Hall–Kier alpha value is 2.54. The van der Waals surface area contributed by atoms with E-state index in [1.54, 1.807) is 0 Å². The maximum atomic E-state index is 8.56. The molecule has 0 bridgehead atoms. The van der Waals surface area contributed by atoms with Crippen molar-refractivity contribution in [3.8, 4) is 0 Å². The van der Waals surface area contributed by atoms with Gasteiger partial charge in [0.25, 0.3) is 0 Å². The van der Waals surface area contributed by atoms with Crippen LogP contribution in [0.15, 0.2) is 0 Å². The molecule has 0 aromatic heterocycles. The molecule has 0 saturated heterocycles. The molecular weight excluding hydrogens is 138 g/mol. The van der Waals surface area contributed by atoms with Gasteiger partial charge in [0.1, 0.15) is 0 Å². The molecular formula is CH5K2O3+. The zero-order valence-electron chi connectivity index (χ0n) is 6.80. The van der Waals surface area contributed by atoms with Crippen LogP contribution < -0.4 is 103 Å². The Kier molecular flexibility index (Phi) is 27.7. The van der Waals surface area contributed by atoms with Gasteiger partial charge in [0.05, 0.1) is 0 Å². The quantitative estimate of drug-likeness (QED) is 0.333. The van der Waals surface area contributed by atoms with E-state index >= 15 is 0 Å². The van der Waals surface area contributed by atoms with Crippen molar-refractivity contribution >= 4 is 6.16 Å². The number of carbonyl (C=O) groups is 1. The van der Waals surface area contributed by atoms with Crippen LogP contribution in [0.3, 0.4) is 0 Å². The first-order valence-electron chi connectivity index (χ1n) is 0.651. The van der Waals surface area contributed by atoms with Gasteiger partial charge in [-0.1, -0.05) is 0 Å². The molecule has 0 atom stereocenters. The smallest absolute Gasteiger partial charge is 1.00 e. The molecule has 6 heavy (non-hydrogen) atoms. The fourth-order valence-electron chi connectivity index (χ4n) is 0. The molecule has 0 aliphatic heterocycles. The monoisotopic (exact) mass is 143 g/mol. The molecule has 0 aliphatic rings. The van der Waals surface area contributed by atoms with Crippen molar-refractivity contribution in [2.45, 2.75) is 0 Å². The Labute approximate surface area is 125 Å². The van der Waals surface area contributed by atoms with Crippen LogP contribution in [0.25, 0.3) is 0 Å². The Morgan fingerprint density at radius 2 is 1.50 bits per heavy atom. The van der Waals surface area contributed by atoms with E-state index in [2.05, 4.69) is 0 Å². The molecule has 2 N–H and O–H groups in total. The van der Waals surface area contributed by atoms with Gasteiger partial charge in [-0.3, -0.25) is 0 Å². The molecule has 5 heteroatoms. The van der Waals surface area contributed by atoms with Crippen LogP contribution >= 0.6 is 0 Å². The summed E-state index contributed by atoms with van der Waals surface area (Å²) in [6, 6.07) is 0. The molecule has 0 heterocycles. The van der Waals surface area contributed by atoms with Crippen molar-refractivity contribution in [3.05, 3.63) is 0 Å². The van der Waals surface area contributed by atoms with Gasteiger partial charge < -0.3 is 13.1 Å². The van der Waals surface area contributed by atoms with Crippen LogP contribution in [0.4, 0.5) is 4.79 Å². The Morgan fingerprint density at radius 1 is 1.50 bits per heavy atom. The molecule has 0 fully saturated rings. The maximum Gasteiger partial charge on any atom is 1.00 e. The van der Waals surface area contributed by atoms with Crippen LogP contribution in [0.2, 0.25) is 0 Å². The van der Waals surface area contributed by atoms with E-state index in [0.29, 0.717) is 0 Å². The molecule has 0 rings (SSSR count). The maximum absolute atomic E-state index is 8.56. The van der Waals surface area contributed by atoms with E-state index in [1.165, 1.54) is 0 Å². The topological polar surface area (TPSA) is 57.5 Å². The predicted molar refractivity (Wildman–Crippen MR) is 14.0 cm³/mol. The summed E-state index contributed by atoms with van der Waals surface area (Å²) in [7, 11) is 0. The molecule has 0 radical (unpaired) electrons. The van der Waals surface area contributed by atoms with Gasteiger partial charge in [0.15, 0.2) is 0 Å². The van der Waals surface area contributed by atoms with E-state index in [0.717, 1.165) is 0 Å². The van der Waals surface area contributed by atoms with E-state index in [9.17, 15) is 0 Å². The van der Waals surface area contributed by atoms with Crippen LogP contribution in [-0.4, -0.2) is 16.4 Å². The molecule has 0 amide bonds. The van der Waals surface area contributed by atoms with Gasteiger partial charge in [-0.2, -0.15) is 0 Å². The van der Waals surface area contributed by atoms with Crippen molar-refractivity contribution in [1.82, 2.24) is 0 Å². The van der Waals surface area contributed by atoms with Crippen molar-refractivity contribution in [3.63, 3.8) is 0 Å². The Morgan fingerprint density at radius 3 is 1.50 bits per heavy atom. The number of hydrogen-bond acceptors (Lipinski definition) is 1. The first-order chi connectivity index (χ1) is 1.73. The minimum Gasteiger partial charge on any atom is -1.00 e. The average Bonchev–Trinajstić information content (AvgIpc) is 0.811. The molecule has 0 saturated carbocycles. The van der Waals surface area contributed by atoms with Gasteiger partial charge in [0.2, 0.25) is 0 Å². The standard InChI is InChI=1S/CH2O3.2K.2H/c2-1(3)4;;;;/h(H2,2,3,4);;;;/q;2*+1;2*-1/p+1. The Bertz CT molecular complexity index is 40.0. The van der Waals surface area contributed by atoms with Gasteiger partial charge in [-0.15, -0.1) is 0 Å². The van der Waals surface area contributed by atoms with Gasteiger partial charge >= 0.3 is 110 Å². The van der Waals surface area contributed by atoms with Crippen molar-refractivity contribution in [1.29, 1.82) is 0 Å². The summed E-state index contributed by atoms with van der Waals surface area (Å²) in [5, 5.41) is 13.9. The van der Waals surface area contributed by atoms with Crippen LogP contribution in [0, 0.1) is 0 Å². The third-order valence-electron chi connectivity index (χ3n) is 0. The van der Waals surface area contributed by atoms with E-state index in [1.807, 2.05) is 0 Å². The van der Waals surface area contributed by atoms with E-state index in [4.69, 9.17) is 15.0 Å². The molecule has 0 spiro atoms. The fourth-order valence-corrected chi connectivity index (χ4v) is 0. The van der Waals surface area contributed by atoms with Gasteiger partial charge in [0, 0.05) is 0 Å². The molecule has 3 nitrogen and oxygen atoms in total. The van der Waals surface area contributed by atoms with E-state index < -0.39 is 6.16 Å². The summed E-state index contributed by atoms with van der Waals surface area (Å²) in [5.41, 5.74) is 0. The molecule has 0 unspecified atom stereocenters. The normalized spacial score (nSPS) is 4.00. The summed E-state index contributed by atoms with van der Waals surface area (Å²) in [6.45, 7) is 0. The molecule has 0 aromatic rings. The largest absolute Gasteiger partial charge is 1.00 e. The summed E-state index contributed by atoms with van der Waals surface area (Å²) in [6.07, 6.45) is -1.83. The second-order valence-electron chi connectivity index (χ2n) is 0.283. The minimum atomic E-state index is -1.83. The first-order valence-corrected chi connectivity index (χ1v) is 0.651. The number of rotatable bonds is 0. The van der Waals surface area contributed by atoms with E-state index in [-0.39, 0.29) is 107 Å². The zero-order chi connectivity index (χ0) is 3.58. The summed E-state index contributed by atoms with van der Waals surface area (Å²) in [5.74, 6) is 0. The summed E-state index contributed by atoms with van der Waals surface area (Å²) >= 11 is 0. The summed E-state index contributed by atoms with van der Waals surface area (Å²) < 4.78 is 0. The van der Waals surface area contributed by atoms with Gasteiger partial charge in [-0.05, 0) is 0 Å². The third-order valence-corrected chi connectivity index (χ3v) is 0. The average molecular weight is 143 g/mol. The first kappa shape index (κ1) is 15.8. The number of carboxylic acid groups (broad SMARTS) is 2. The zero-order valence-corrected chi connectivity index (χ0v) is 10.0. The second kappa shape index (κ2) is 10.5. The van der Waals surface area contributed by atoms with Gasteiger partial charge in [-0.25, -0.2) is 4.79 Å². The SMILES string of the molecule is O=C(O)O.[H+].[H-].[H-].[K+].[K+]. The van der Waals surface area contributed by atoms with Crippen molar-refractivity contribution in [2.24, 2.45) is 0 Å². The number of hydrogen-bond donors (Lipinski definition) is 2. The second-order valence-corrected chi connectivity index (χ2v) is 0.283. The molecule has 28 valence electrons. The van der Waals surface area contributed by atoms with Crippen LogP contribution in [0.5, 0.6) is 0 Å². The third kappa shape index (κ3) is 31.1. The predicted octanol–water partition coefficient (Wildman–Crippen LogP) is -5.43. The molecule has 0 aliphatic carbocycles. The van der Waals surface area contributed by atoms with Crippen molar-refractivity contribution < 1.29 is 122 Å². The summed E-state index contributed by atoms with van der Waals surface area (Å²) in [4.78, 5) is 8.56. The van der Waals surface area contributed by atoms with Crippen LogP contribution in [-0.2, 0) is 0 Å². The van der Waals surface area contributed by atoms with Crippen LogP contribution in [0.1, 0.15) is 4.28 Å². The fraction of sp³-hybridized carbons (Fsp3) is 0. The Balaban J connectivity index is -0.00000000450. The minimum absolute atomic E-state index is 0. The molecule has 0 aromatic carbocycles. The van der Waals surface area contributed by atoms with Crippen molar-refractivity contribution in [2.75, 3.05) is 0 Å².